The predicted octanol–water partition coefficient (Wildman–Crippen LogP) is 3.21. The molecule has 0 bridgehead atoms. The monoisotopic (exact) mass is 306 g/mol. The lowest BCUT2D eigenvalue weighted by Crippen LogP contribution is -2.50. The number of rotatable bonds is 4. The van der Waals surface area contributed by atoms with Crippen LogP contribution in [0.1, 0.15) is 64.2 Å². The molecule has 1 aliphatic heterocycles. The molecular formula is C18H30N2O2. The average Bonchev–Trinajstić information content (AvgIpc) is 3.41. The molecule has 3 aliphatic carbocycles. The largest absolute Gasteiger partial charge is 0.378 e. The quantitative estimate of drug-likeness (QED) is 0.838. The van der Waals surface area contributed by atoms with E-state index in [-0.39, 0.29) is 6.03 Å². The first-order valence-electron chi connectivity index (χ1n) is 9.46. The van der Waals surface area contributed by atoms with Gasteiger partial charge in [0.05, 0.1) is 6.10 Å². The van der Waals surface area contributed by atoms with Gasteiger partial charge in [0.25, 0.3) is 0 Å². The van der Waals surface area contributed by atoms with E-state index in [2.05, 4.69) is 10.6 Å². The highest BCUT2D eigenvalue weighted by molar-refractivity contribution is 5.74. The highest BCUT2D eigenvalue weighted by atomic mass is 16.5. The second-order valence-electron chi connectivity index (χ2n) is 8.05. The fourth-order valence-electron chi connectivity index (χ4n) is 4.52. The molecule has 0 radical (unpaired) electrons. The van der Waals surface area contributed by atoms with Crippen molar-refractivity contribution in [3.05, 3.63) is 0 Å². The van der Waals surface area contributed by atoms with E-state index in [4.69, 9.17) is 4.74 Å². The van der Waals surface area contributed by atoms with Gasteiger partial charge in [0.2, 0.25) is 0 Å². The molecule has 4 aliphatic rings. The third-order valence-corrected chi connectivity index (χ3v) is 6.14. The maximum atomic E-state index is 12.3. The number of nitrogens with one attached hydrogen (secondary N) is 2. The summed E-state index contributed by atoms with van der Waals surface area (Å²) in [6.07, 6.45) is 12.9. The predicted molar refractivity (Wildman–Crippen MR) is 85.6 cm³/mol. The number of urea groups is 1. The minimum absolute atomic E-state index is 0.0582. The zero-order valence-corrected chi connectivity index (χ0v) is 13.6. The van der Waals surface area contributed by atoms with Gasteiger partial charge in [-0.05, 0) is 69.1 Å². The van der Waals surface area contributed by atoms with Crippen LogP contribution >= 0.6 is 0 Å². The molecule has 4 rings (SSSR count). The Hall–Kier alpha value is -0.770. The average molecular weight is 306 g/mol. The summed E-state index contributed by atoms with van der Waals surface area (Å²) in [7, 11) is 0. The van der Waals surface area contributed by atoms with Gasteiger partial charge in [-0.3, -0.25) is 0 Å². The van der Waals surface area contributed by atoms with Crippen LogP contribution in [0.3, 0.4) is 0 Å². The van der Waals surface area contributed by atoms with Crippen molar-refractivity contribution in [2.24, 2.45) is 17.8 Å². The number of ether oxygens (including phenoxy) is 1. The third kappa shape index (κ3) is 3.76. The van der Waals surface area contributed by atoms with Crippen molar-refractivity contribution < 1.29 is 9.53 Å². The van der Waals surface area contributed by atoms with Gasteiger partial charge in [-0.2, -0.15) is 0 Å². The second kappa shape index (κ2) is 6.38. The molecule has 1 saturated heterocycles. The molecule has 0 unspecified atom stereocenters. The maximum Gasteiger partial charge on any atom is 0.315 e. The molecule has 0 aromatic carbocycles. The Morgan fingerprint density at radius 2 is 1.50 bits per heavy atom. The summed E-state index contributed by atoms with van der Waals surface area (Å²) in [6.45, 7) is 0.805. The first-order valence-corrected chi connectivity index (χ1v) is 9.46. The molecule has 0 aromatic heterocycles. The Kier molecular flexibility index (Phi) is 4.29. The molecule has 4 atom stereocenters. The van der Waals surface area contributed by atoms with Gasteiger partial charge in [0.15, 0.2) is 0 Å². The Morgan fingerprint density at radius 3 is 2.23 bits per heavy atom. The number of amides is 2. The number of carbonyl (C=O) groups excluding carboxylic acids is 1. The SMILES string of the molecule is O=C(N[C@@H]1CCC[C@H](C2CC2)C1)N[C@@H]1CCO[C@H](C2CC2)C1. The molecule has 4 heteroatoms. The van der Waals surface area contributed by atoms with E-state index in [1.54, 1.807) is 0 Å². The third-order valence-electron chi connectivity index (χ3n) is 6.14. The minimum atomic E-state index is 0.0582. The Labute approximate surface area is 133 Å². The van der Waals surface area contributed by atoms with Gasteiger partial charge in [0, 0.05) is 18.7 Å². The van der Waals surface area contributed by atoms with Crippen LogP contribution in [0.15, 0.2) is 0 Å². The van der Waals surface area contributed by atoms with Crippen molar-refractivity contribution in [3.63, 3.8) is 0 Å². The van der Waals surface area contributed by atoms with Crippen LogP contribution in [-0.4, -0.2) is 30.8 Å². The minimum Gasteiger partial charge on any atom is -0.378 e. The van der Waals surface area contributed by atoms with Crippen molar-refractivity contribution in [2.45, 2.75) is 82.4 Å². The lowest BCUT2D eigenvalue weighted by atomic mass is 9.83. The van der Waals surface area contributed by atoms with Crippen LogP contribution < -0.4 is 10.6 Å². The van der Waals surface area contributed by atoms with Gasteiger partial charge in [-0.1, -0.05) is 12.8 Å². The Balaban J connectivity index is 1.21. The standard InChI is InChI=1S/C18H30N2O2/c21-18(19-15-3-1-2-14(10-15)12-4-5-12)20-16-8-9-22-17(11-16)13-6-7-13/h12-17H,1-11H2,(H2,19,20,21)/t14-,15+,16+,17-/m0/s1. The summed E-state index contributed by atoms with van der Waals surface area (Å²) in [5.41, 5.74) is 0. The first kappa shape index (κ1) is 14.8. The van der Waals surface area contributed by atoms with E-state index in [0.29, 0.717) is 18.2 Å². The summed E-state index contributed by atoms with van der Waals surface area (Å²) in [5.74, 6) is 2.62. The van der Waals surface area contributed by atoms with Crippen LogP contribution in [0.2, 0.25) is 0 Å². The zero-order valence-electron chi connectivity index (χ0n) is 13.6. The molecule has 2 N–H and O–H groups in total. The van der Waals surface area contributed by atoms with Crippen LogP contribution in [0.4, 0.5) is 4.79 Å². The topological polar surface area (TPSA) is 50.4 Å². The van der Waals surface area contributed by atoms with Crippen LogP contribution in [0.5, 0.6) is 0 Å². The van der Waals surface area contributed by atoms with E-state index < -0.39 is 0 Å². The summed E-state index contributed by atoms with van der Waals surface area (Å²) in [4.78, 5) is 12.3. The second-order valence-corrected chi connectivity index (χ2v) is 8.05. The summed E-state index contributed by atoms with van der Waals surface area (Å²) >= 11 is 0. The fourth-order valence-corrected chi connectivity index (χ4v) is 4.52. The summed E-state index contributed by atoms with van der Waals surface area (Å²) in [5, 5.41) is 6.46. The van der Waals surface area contributed by atoms with Gasteiger partial charge in [-0.25, -0.2) is 4.79 Å². The zero-order chi connectivity index (χ0) is 14.9. The molecule has 0 spiro atoms. The van der Waals surface area contributed by atoms with Crippen molar-refractivity contribution in [3.8, 4) is 0 Å². The molecule has 3 saturated carbocycles. The van der Waals surface area contributed by atoms with E-state index in [0.717, 1.165) is 43.6 Å². The highest BCUT2D eigenvalue weighted by Crippen LogP contribution is 2.44. The van der Waals surface area contributed by atoms with E-state index in [1.165, 1.54) is 44.9 Å². The number of hydrogen-bond donors (Lipinski definition) is 2. The first-order chi connectivity index (χ1) is 10.8. The van der Waals surface area contributed by atoms with Gasteiger partial charge in [0.1, 0.15) is 0 Å². The smallest absolute Gasteiger partial charge is 0.315 e. The highest BCUT2D eigenvalue weighted by Gasteiger charge is 2.37. The molecule has 0 aromatic rings. The van der Waals surface area contributed by atoms with Crippen molar-refractivity contribution in [2.75, 3.05) is 6.61 Å². The molecule has 22 heavy (non-hydrogen) atoms. The molecule has 4 nitrogen and oxygen atoms in total. The van der Waals surface area contributed by atoms with Crippen molar-refractivity contribution in [1.82, 2.24) is 10.6 Å². The van der Waals surface area contributed by atoms with Crippen molar-refractivity contribution in [1.29, 1.82) is 0 Å². The Morgan fingerprint density at radius 1 is 0.773 bits per heavy atom. The molecule has 1 heterocycles. The Bertz CT molecular complexity index is 370. The lowest BCUT2D eigenvalue weighted by Gasteiger charge is -2.32. The van der Waals surface area contributed by atoms with Crippen LogP contribution in [0.25, 0.3) is 0 Å². The normalized spacial score (nSPS) is 39.3. The number of carbonyl (C=O) groups is 1. The van der Waals surface area contributed by atoms with Gasteiger partial charge < -0.3 is 15.4 Å². The summed E-state index contributed by atoms with van der Waals surface area (Å²) in [6, 6.07) is 0.767. The molecule has 124 valence electrons. The summed E-state index contributed by atoms with van der Waals surface area (Å²) < 4.78 is 5.84. The van der Waals surface area contributed by atoms with Crippen LogP contribution in [0, 0.1) is 17.8 Å². The number of hydrogen-bond acceptors (Lipinski definition) is 2. The van der Waals surface area contributed by atoms with E-state index in [9.17, 15) is 4.79 Å². The fraction of sp³-hybridized carbons (Fsp3) is 0.944. The van der Waals surface area contributed by atoms with Gasteiger partial charge >= 0.3 is 6.03 Å². The lowest BCUT2D eigenvalue weighted by molar-refractivity contribution is -0.00921. The molecule has 2 amide bonds. The maximum absolute atomic E-state index is 12.3. The van der Waals surface area contributed by atoms with Gasteiger partial charge in [-0.15, -0.1) is 0 Å². The van der Waals surface area contributed by atoms with E-state index >= 15 is 0 Å². The van der Waals surface area contributed by atoms with Crippen LogP contribution in [-0.2, 0) is 4.74 Å². The molecular weight excluding hydrogens is 276 g/mol. The van der Waals surface area contributed by atoms with E-state index in [1.807, 2.05) is 0 Å². The van der Waals surface area contributed by atoms with Crippen molar-refractivity contribution >= 4 is 6.03 Å². The molecule has 4 fully saturated rings.